The second-order valence-corrected chi connectivity index (χ2v) is 7.42. The molecule has 2 aromatic rings. The van der Waals surface area contributed by atoms with Crippen molar-refractivity contribution < 1.29 is 14.3 Å². The lowest BCUT2D eigenvalue weighted by atomic mass is 10.0. The Morgan fingerprint density at radius 1 is 0.667 bits per heavy atom. The first-order valence-electron chi connectivity index (χ1n) is 11.0. The summed E-state index contributed by atoms with van der Waals surface area (Å²) >= 11 is 0. The van der Waals surface area contributed by atoms with Gasteiger partial charge < -0.3 is 9.47 Å². The number of hydrogen-bond donors (Lipinski definition) is 0. The van der Waals surface area contributed by atoms with Gasteiger partial charge >= 0.3 is 0 Å². The molecular formula is C27H34O3. The van der Waals surface area contributed by atoms with Crippen LogP contribution >= 0.6 is 0 Å². The van der Waals surface area contributed by atoms with E-state index in [0.717, 1.165) is 50.0 Å². The Labute approximate surface area is 181 Å². The summed E-state index contributed by atoms with van der Waals surface area (Å²) in [5.74, 6) is 2.09. The van der Waals surface area contributed by atoms with E-state index in [1.165, 1.54) is 11.1 Å². The van der Waals surface area contributed by atoms with Gasteiger partial charge in [-0.25, -0.2) is 0 Å². The van der Waals surface area contributed by atoms with Crippen molar-refractivity contribution in [3.05, 3.63) is 84.3 Å². The van der Waals surface area contributed by atoms with Crippen molar-refractivity contribution >= 4 is 5.78 Å². The number of unbranched alkanes of at least 4 members (excludes halogenated alkanes) is 2. The van der Waals surface area contributed by atoms with Gasteiger partial charge in [-0.05, 0) is 87.8 Å². The van der Waals surface area contributed by atoms with Gasteiger partial charge in [0.2, 0.25) is 0 Å². The molecule has 0 saturated heterocycles. The lowest BCUT2D eigenvalue weighted by Gasteiger charge is -2.05. The number of ether oxygens (including phenoxy) is 2. The van der Waals surface area contributed by atoms with Gasteiger partial charge in [0.25, 0.3) is 0 Å². The molecule has 2 aromatic carbocycles. The average molecular weight is 407 g/mol. The standard InChI is InChI=1S/C27H34O3/c1-3-21-29-26-17-13-23(14-18-26)9-5-7-11-25(28)12-8-6-10-24-15-19-27(20-16-24)30-22-4-2/h3-4,13-22H,5-12H2,1-2H3. The minimum Gasteiger partial charge on any atom is -0.465 e. The Morgan fingerprint density at radius 2 is 1.07 bits per heavy atom. The highest BCUT2D eigenvalue weighted by Gasteiger charge is 2.03. The molecule has 0 aromatic heterocycles. The zero-order chi connectivity index (χ0) is 21.4. The third kappa shape index (κ3) is 9.60. The number of ketones is 1. The normalized spacial score (nSPS) is 11.3. The molecular weight excluding hydrogens is 372 g/mol. The fourth-order valence-corrected chi connectivity index (χ4v) is 3.19. The molecule has 0 N–H and O–H groups in total. The maximum Gasteiger partial charge on any atom is 0.132 e. The van der Waals surface area contributed by atoms with Crippen LogP contribution in [0.1, 0.15) is 63.5 Å². The summed E-state index contributed by atoms with van der Waals surface area (Å²) in [4.78, 5) is 12.1. The van der Waals surface area contributed by atoms with E-state index in [0.29, 0.717) is 18.6 Å². The van der Waals surface area contributed by atoms with Crippen molar-refractivity contribution in [2.75, 3.05) is 0 Å². The number of hydrogen-bond acceptors (Lipinski definition) is 3. The van der Waals surface area contributed by atoms with Crippen molar-refractivity contribution in [3.8, 4) is 11.5 Å². The zero-order valence-electron chi connectivity index (χ0n) is 18.3. The van der Waals surface area contributed by atoms with Crippen LogP contribution < -0.4 is 9.47 Å². The zero-order valence-corrected chi connectivity index (χ0v) is 18.3. The molecule has 160 valence electrons. The third-order valence-electron chi connectivity index (χ3n) is 4.87. The average Bonchev–Trinajstić information content (AvgIpc) is 2.78. The molecule has 0 saturated carbocycles. The van der Waals surface area contributed by atoms with Crippen molar-refractivity contribution in [2.45, 2.75) is 65.2 Å². The van der Waals surface area contributed by atoms with Gasteiger partial charge in [0, 0.05) is 12.8 Å². The topological polar surface area (TPSA) is 35.5 Å². The van der Waals surface area contributed by atoms with Crippen molar-refractivity contribution in [1.29, 1.82) is 0 Å². The Bertz CT molecular complexity index is 718. The summed E-state index contributed by atoms with van der Waals surface area (Å²) in [5.41, 5.74) is 2.58. The highest BCUT2D eigenvalue weighted by Crippen LogP contribution is 2.16. The van der Waals surface area contributed by atoms with Crippen LogP contribution in [0.15, 0.2) is 73.2 Å². The first-order valence-corrected chi connectivity index (χ1v) is 11.0. The molecule has 0 radical (unpaired) electrons. The number of Topliss-reactive ketones (excluding diaryl/α,β-unsaturated/α-hetero) is 1. The predicted molar refractivity (Wildman–Crippen MR) is 124 cm³/mol. The minimum absolute atomic E-state index is 0.389. The minimum atomic E-state index is 0.389. The number of allylic oxidation sites excluding steroid dienone is 2. The molecule has 0 heterocycles. The molecule has 0 aliphatic rings. The van der Waals surface area contributed by atoms with Gasteiger partial charge in [-0.1, -0.05) is 36.4 Å². The van der Waals surface area contributed by atoms with E-state index in [4.69, 9.17) is 9.47 Å². The summed E-state index contributed by atoms with van der Waals surface area (Å²) in [7, 11) is 0. The van der Waals surface area contributed by atoms with Crippen LogP contribution in [-0.4, -0.2) is 5.78 Å². The maximum absolute atomic E-state index is 12.1. The van der Waals surface area contributed by atoms with Crippen molar-refractivity contribution in [2.24, 2.45) is 0 Å². The second kappa shape index (κ2) is 14.2. The van der Waals surface area contributed by atoms with Crippen LogP contribution in [0.2, 0.25) is 0 Å². The molecule has 2 rings (SSSR count). The molecule has 0 unspecified atom stereocenters. The van der Waals surface area contributed by atoms with E-state index in [1.807, 2.05) is 50.3 Å². The van der Waals surface area contributed by atoms with Gasteiger partial charge in [0.15, 0.2) is 0 Å². The number of aryl methyl sites for hydroxylation is 2. The number of carbonyl (C=O) groups is 1. The highest BCUT2D eigenvalue weighted by atomic mass is 16.5. The lowest BCUT2D eigenvalue weighted by Crippen LogP contribution is -1.99. The molecule has 0 aliphatic carbocycles. The van der Waals surface area contributed by atoms with E-state index in [9.17, 15) is 4.79 Å². The SMILES string of the molecule is CC=COc1ccc(CCCCC(=O)CCCCc2ccc(OC=CC)cc2)cc1. The summed E-state index contributed by atoms with van der Waals surface area (Å²) in [6, 6.07) is 16.3. The first-order chi connectivity index (χ1) is 14.7. The van der Waals surface area contributed by atoms with E-state index in [2.05, 4.69) is 24.3 Å². The molecule has 0 atom stereocenters. The quantitative estimate of drug-likeness (QED) is 0.246. The Balaban J connectivity index is 1.54. The van der Waals surface area contributed by atoms with Crippen LogP contribution in [0.25, 0.3) is 0 Å². The largest absolute Gasteiger partial charge is 0.465 e. The Hall–Kier alpha value is -2.81. The fraction of sp³-hybridized carbons (Fsp3) is 0.370. The van der Waals surface area contributed by atoms with Crippen molar-refractivity contribution in [1.82, 2.24) is 0 Å². The second-order valence-electron chi connectivity index (χ2n) is 7.42. The van der Waals surface area contributed by atoms with Crippen LogP contribution in [0.4, 0.5) is 0 Å². The summed E-state index contributed by atoms with van der Waals surface area (Å²) < 4.78 is 10.9. The summed E-state index contributed by atoms with van der Waals surface area (Å²) in [6.07, 6.45) is 14.5. The van der Waals surface area contributed by atoms with E-state index in [-0.39, 0.29) is 0 Å². The molecule has 0 amide bonds. The highest BCUT2D eigenvalue weighted by molar-refractivity contribution is 5.78. The fourth-order valence-electron chi connectivity index (χ4n) is 3.19. The Kier molecular flexibility index (Phi) is 11.1. The molecule has 0 fully saturated rings. The maximum atomic E-state index is 12.1. The van der Waals surface area contributed by atoms with Gasteiger partial charge in [0.1, 0.15) is 17.3 Å². The summed E-state index contributed by atoms with van der Waals surface area (Å²) in [5, 5.41) is 0. The number of benzene rings is 2. The van der Waals surface area contributed by atoms with E-state index < -0.39 is 0 Å². The summed E-state index contributed by atoms with van der Waals surface area (Å²) in [6.45, 7) is 3.85. The first kappa shape index (κ1) is 23.5. The van der Waals surface area contributed by atoms with Gasteiger partial charge in [-0.15, -0.1) is 0 Å². The van der Waals surface area contributed by atoms with Crippen LogP contribution in [0.3, 0.4) is 0 Å². The molecule has 30 heavy (non-hydrogen) atoms. The third-order valence-corrected chi connectivity index (χ3v) is 4.87. The molecule has 0 spiro atoms. The molecule has 0 bridgehead atoms. The van der Waals surface area contributed by atoms with Crippen LogP contribution in [0, 0.1) is 0 Å². The number of carbonyl (C=O) groups excluding carboxylic acids is 1. The monoisotopic (exact) mass is 406 g/mol. The Morgan fingerprint density at radius 3 is 1.43 bits per heavy atom. The van der Waals surface area contributed by atoms with Crippen molar-refractivity contribution in [3.63, 3.8) is 0 Å². The number of rotatable bonds is 14. The molecule has 0 aliphatic heterocycles. The van der Waals surface area contributed by atoms with E-state index in [1.54, 1.807) is 12.5 Å². The molecule has 3 nitrogen and oxygen atoms in total. The van der Waals surface area contributed by atoms with Gasteiger partial charge in [0.05, 0.1) is 12.5 Å². The van der Waals surface area contributed by atoms with Crippen LogP contribution in [0.5, 0.6) is 11.5 Å². The molecule has 3 heteroatoms. The smallest absolute Gasteiger partial charge is 0.132 e. The van der Waals surface area contributed by atoms with Gasteiger partial charge in [-0.2, -0.15) is 0 Å². The van der Waals surface area contributed by atoms with Crippen LogP contribution in [-0.2, 0) is 17.6 Å². The van der Waals surface area contributed by atoms with E-state index >= 15 is 0 Å². The lowest BCUT2D eigenvalue weighted by molar-refractivity contribution is -0.119. The van der Waals surface area contributed by atoms with Gasteiger partial charge in [-0.3, -0.25) is 4.79 Å². The predicted octanol–water partition coefficient (Wildman–Crippen LogP) is 7.21.